The van der Waals surface area contributed by atoms with Gasteiger partial charge in [-0.2, -0.15) is 0 Å². The molecule has 182 valence electrons. The molecule has 0 saturated heterocycles. The number of hydrogen-bond acceptors (Lipinski definition) is 6. The lowest BCUT2D eigenvalue weighted by Crippen LogP contribution is -2.59. The van der Waals surface area contributed by atoms with Gasteiger partial charge in [0.2, 0.25) is 0 Å². The molecule has 0 bridgehead atoms. The number of aliphatic hydroxyl groups excluding tert-OH is 4. The van der Waals surface area contributed by atoms with E-state index < -0.39 is 37.1 Å². The van der Waals surface area contributed by atoms with E-state index in [1.54, 1.807) is 0 Å². The Hall–Kier alpha value is -0.240. The van der Waals surface area contributed by atoms with Crippen LogP contribution in [0.5, 0.6) is 0 Å². The number of ether oxygens (including phenoxy) is 1. The molecule has 4 unspecified atom stereocenters. The van der Waals surface area contributed by atoms with Gasteiger partial charge in [-0.25, -0.2) is 0 Å². The zero-order chi connectivity index (χ0) is 22.7. The molecule has 0 aliphatic rings. The van der Waals surface area contributed by atoms with Crippen LogP contribution in [-0.4, -0.2) is 69.3 Å². The van der Waals surface area contributed by atoms with Crippen LogP contribution in [-0.2, 0) is 4.74 Å². The van der Waals surface area contributed by atoms with Gasteiger partial charge in [0.15, 0.2) is 0 Å². The second kappa shape index (κ2) is 19.4. The van der Waals surface area contributed by atoms with Gasteiger partial charge in [-0.05, 0) is 12.8 Å². The second-order valence-electron chi connectivity index (χ2n) is 8.72. The molecule has 30 heavy (non-hydrogen) atoms. The van der Waals surface area contributed by atoms with Crippen LogP contribution in [0.15, 0.2) is 0 Å². The fourth-order valence-corrected chi connectivity index (χ4v) is 3.89. The van der Waals surface area contributed by atoms with Gasteiger partial charge >= 0.3 is 0 Å². The number of unbranched alkanes of at least 4 members (excludes halogenated alkanes) is 12. The van der Waals surface area contributed by atoms with Crippen LogP contribution in [0.1, 0.15) is 110 Å². The van der Waals surface area contributed by atoms with Crippen molar-refractivity contribution < 1.29 is 30.3 Å². The van der Waals surface area contributed by atoms with Gasteiger partial charge in [0.25, 0.3) is 0 Å². The van der Waals surface area contributed by atoms with Crippen molar-refractivity contribution in [1.29, 1.82) is 0 Å². The molecule has 6 heteroatoms. The topological polar surface area (TPSA) is 110 Å². The minimum atomic E-state index is -1.90. The summed E-state index contributed by atoms with van der Waals surface area (Å²) in [6.45, 7) is 3.65. The highest BCUT2D eigenvalue weighted by Gasteiger charge is 2.45. The molecule has 0 aromatic carbocycles. The first kappa shape index (κ1) is 29.8. The Balaban J connectivity index is 4.44. The summed E-state index contributed by atoms with van der Waals surface area (Å²) in [5.41, 5.74) is -1.90. The lowest BCUT2D eigenvalue weighted by Gasteiger charge is -2.39. The SMILES string of the molecule is CCCCCCCCCOC(CO)C(O)C(O)(CCCCCCCCC)C(O)CO. The average molecular weight is 435 g/mol. The fourth-order valence-electron chi connectivity index (χ4n) is 3.89. The summed E-state index contributed by atoms with van der Waals surface area (Å²) in [6, 6.07) is 0. The van der Waals surface area contributed by atoms with Crippen LogP contribution < -0.4 is 0 Å². The van der Waals surface area contributed by atoms with E-state index >= 15 is 0 Å². The largest absolute Gasteiger partial charge is 0.394 e. The predicted octanol–water partition coefficient (Wildman–Crippen LogP) is 3.70. The summed E-state index contributed by atoms with van der Waals surface area (Å²) in [6.07, 6.45) is 11.5. The Morgan fingerprint density at radius 1 is 0.667 bits per heavy atom. The van der Waals surface area contributed by atoms with E-state index in [9.17, 15) is 25.5 Å². The predicted molar refractivity (Wildman–Crippen MR) is 121 cm³/mol. The highest BCUT2D eigenvalue weighted by Crippen LogP contribution is 2.27. The third-order valence-electron chi connectivity index (χ3n) is 6.05. The first-order valence-electron chi connectivity index (χ1n) is 12.4. The molecular formula is C24H50O6. The molecule has 0 amide bonds. The maximum absolute atomic E-state index is 11.0. The molecule has 0 aromatic heterocycles. The highest BCUT2D eigenvalue weighted by atomic mass is 16.5. The third kappa shape index (κ3) is 12.6. The van der Waals surface area contributed by atoms with Gasteiger partial charge in [0.1, 0.15) is 23.9 Å². The minimum absolute atomic E-state index is 0.154. The summed E-state index contributed by atoms with van der Waals surface area (Å²) in [7, 11) is 0. The van der Waals surface area contributed by atoms with Gasteiger partial charge < -0.3 is 30.3 Å². The van der Waals surface area contributed by atoms with Gasteiger partial charge in [-0.15, -0.1) is 0 Å². The number of hydrogen-bond donors (Lipinski definition) is 5. The normalized spacial score (nSPS) is 16.9. The molecule has 0 aromatic rings. The molecule has 0 spiro atoms. The molecule has 4 atom stereocenters. The first-order chi connectivity index (χ1) is 14.5. The van der Waals surface area contributed by atoms with Crippen LogP contribution >= 0.6 is 0 Å². The van der Waals surface area contributed by atoms with Crippen molar-refractivity contribution in [1.82, 2.24) is 0 Å². The first-order valence-corrected chi connectivity index (χ1v) is 12.4. The maximum Gasteiger partial charge on any atom is 0.121 e. The molecule has 6 nitrogen and oxygen atoms in total. The van der Waals surface area contributed by atoms with Crippen LogP contribution in [0.25, 0.3) is 0 Å². The Morgan fingerprint density at radius 3 is 1.60 bits per heavy atom. The van der Waals surface area contributed by atoms with Gasteiger partial charge in [-0.3, -0.25) is 0 Å². The quantitative estimate of drug-likeness (QED) is 0.166. The van der Waals surface area contributed by atoms with Crippen molar-refractivity contribution in [3.8, 4) is 0 Å². The molecule has 0 heterocycles. The monoisotopic (exact) mass is 434 g/mol. The van der Waals surface area contributed by atoms with Crippen LogP contribution in [0, 0.1) is 0 Å². The second-order valence-corrected chi connectivity index (χ2v) is 8.72. The molecule has 0 saturated carbocycles. The van der Waals surface area contributed by atoms with E-state index in [-0.39, 0.29) is 6.42 Å². The van der Waals surface area contributed by atoms with Crippen LogP contribution in [0.3, 0.4) is 0 Å². The van der Waals surface area contributed by atoms with Crippen LogP contribution in [0.4, 0.5) is 0 Å². The fraction of sp³-hybridized carbons (Fsp3) is 1.00. The summed E-state index contributed by atoms with van der Waals surface area (Å²) in [5.74, 6) is 0. The van der Waals surface area contributed by atoms with E-state index in [1.807, 2.05) is 0 Å². The molecule has 0 aliphatic carbocycles. The summed E-state index contributed by atoms with van der Waals surface area (Å²) in [5, 5.41) is 50.9. The summed E-state index contributed by atoms with van der Waals surface area (Å²) in [4.78, 5) is 0. The zero-order valence-corrected chi connectivity index (χ0v) is 19.6. The van der Waals surface area contributed by atoms with Gasteiger partial charge in [0.05, 0.1) is 13.2 Å². The zero-order valence-electron chi connectivity index (χ0n) is 19.6. The van der Waals surface area contributed by atoms with Gasteiger partial charge in [-0.1, -0.05) is 97.3 Å². The van der Waals surface area contributed by atoms with Gasteiger partial charge in [0, 0.05) is 6.61 Å². The lowest BCUT2D eigenvalue weighted by molar-refractivity contribution is -0.203. The molecular weight excluding hydrogens is 384 g/mol. The lowest BCUT2D eigenvalue weighted by atomic mass is 9.82. The standard InChI is InChI=1S/C24H50O6/c1-3-5-7-9-11-13-15-17-24(29,22(27)20-26)23(28)21(19-25)30-18-16-14-12-10-8-6-4-2/h21-23,25-29H,3-20H2,1-2H3. The van der Waals surface area contributed by atoms with Crippen molar-refractivity contribution in [2.24, 2.45) is 0 Å². The highest BCUT2D eigenvalue weighted by molar-refractivity contribution is 4.96. The van der Waals surface area contributed by atoms with Crippen molar-refractivity contribution in [2.45, 2.75) is 134 Å². The Kier molecular flexibility index (Phi) is 19.3. The minimum Gasteiger partial charge on any atom is -0.394 e. The van der Waals surface area contributed by atoms with E-state index in [4.69, 9.17) is 4.74 Å². The summed E-state index contributed by atoms with van der Waals surface area (Å²) >= 11 is 0. The molecule has 0 rings (SSSR count). The average Bonchev–Trinajstić information content (AvgIpc) is 2.76. The van der Waals surface area contributed by atoms with Crippen molar-refractivity contribution in [3.63, 3.8) is 0 Å². The van der Waals surface area contributed by atoms with E-state index in [2.05, 4.69) is 13.8 Å². The van der Waals surface area contributed by atoms with Crippen molar-refractivity contribution >= 4 is 0 Å². The van der Waals surface area contributed by atoms with E-state index in [1.165, 1.54) is 44.9 Å². The Bertz CT molecular complexity index is 368. The van der Waals surface area contributed by atoms with Crippen molar-refractivity contribution in [3.05, 3.63) is 0 Å². The molecule has 0 aliphatic heterocycles. The molecule has 0 fully saturated rings. The Morgan fingerprint density at radius 2 is 1.13 bits per heavy atom. The Labute approximate surface area is 184 Å². The number of rotatable bonds is 22. The molecule has 5 N–H and O–H groups in total. The smallest absolute Gasteiger partial charge is 0.121 e. The maximum atomic E-state index is 11.0. The van der Waals surface area contributed by atoms with E-state index in [0.717, 1.165) is 38.5 Å². The van der Waals surface area contributed by atoms with E-state index in [0.29, 0.717) is 13.0 Å². The third-order valence-corrected chi connectivity index (χ3v) is 6.05. The summed E-state index contributed by atoms with van der Waals surface area (Å²) < 4.78 is 5.64. The molecule has 0 radical (unpaired) electrons. The van der Waals surface area contributed by atoms with Crippen LogP contribution in [0.2, 0.25) is 0 Å². The number of aliphatic hydroxyl groups is 5. The van der Waals surface area contributed by atoms with Crippen molar-refractivity contribution in [2.75, 3.05) is 19.8 Å².